The number of hydrogen-bond acceptors (Lipinski definition) is 3. The molecule has 1 unspecified atom stereocenters. The molecule has 3 rings (SSSR count). The van der Waals surface area contributed by atoms with Gasteiger partial charge in [0, 0.05) is 6.54 Å². The zero-order chi connectivity index (χ0) is 17.6. The predicted molar refractivity (Wildman–Crippen MR) is 100 cm³/mol. The van der Waals surface area contributed by atoms with Gasteiger partial charge in [0.25, 0.3) is 5.91 Å². The molecule has 0 aromatic heterocycles. The molecule has 0 saturated carbocycles. The van der Waals surface area contributed by atoms with Gasteiger partial charge in [-0.05, 0) is 55.8 Å². The van der Waals surface area contributed by atoms with Crippen LogP contribution in [0.5, 0.6) is 5.75 Å². The van der Waals surface area contributed by atoms with Crippen LogP contribution in [0, 0.1) is 0 Å². The Morgan fingerprint density at radius 1 is 1.20 bits per heavy atom. The van der Waals surface area contributed by atoms with Crippen molar-refractivity contribution in [2.24, 2.45) is 0 Å². The van der Waals surface area contributed by atoms with Gasteiger partial charge in [-0.1, -0.05) is 35.9 Å². The maximum Gasteiger partial charge on any atom is 0.252 e. The first kappa shape index (κ1) is 17.8. The number of methoxy groups -OCH3 is 1. The van der Waals surface area contributed by atoms with Gasteiger partial charge in [-0.15, -0.1) is 0 Å². The Kier molecular flexibility index (Phi) is 5.95. The van der Waals surface area contributed by atoms with Crippen molar-refractivity contribution >= 4 is 17.5 Å². The number of ether oxygens (including phenoxy) is 1. The smallest absolute Gasteiger partial charge is 0.252 e. The van der Waals surface area contributed by atoms with Crippen LogP contribution in [0.1, 0.15) is 34.8 Å². The predicted octanol–water partition coefficient (Wildman–Crippen LogP) is 3.92. The van der Waals surface area contributed by atoms with Crippen molar-refractivity contribution in [2.45, 2.75) is 18.9 Å². The molecular weight excluding hydrogens is 336 g/mol. The van der Waals surface area contributed by atoms with Crippen molar-refractivity contribution in [1.29, 1.82) is 0 Å². The van der Waals surface area contributed by atoms with E-state index >= 15 is 0 Å². The fourth-order valence-electron chi connectivity index (χ4n) is 3.29. The molecule has 1 N–H and O–H groups in total. The van der Waals surface area contributed by atoms with Gasteiger partial charge in [0.05, 0.1) is 23.7 Å². The lowest BCUT2D eigenvalue weighted by Crippen LogP contribution is -2.36. The molecular formula is C20H23ClN2O2. The summed E-state index contributed by atoms with van der Waals surface area (Å²) in [5, 5.41) is 3.52. The Bertz CT molecular complexity index is 729. The van der Waals surface area contributed by atoms with Crippen molar-refractivity contribution in [1.82, 2.24) is 10.2 Å². The van der Waals surface area contributed by atoms with Gasteiger partial charge in [0.1, 0.15) is 5.75 Å². The fourth-order valence-corrected chi connectivity index (χ4v) is 3.51. The number of carbonyl (C=O) groups excluding carboxylic acids is 1. The second-order valence-electron chi connectivity index (χ2n) is 6.23. The van der Waals surface area contributed by atoms with E-state index in [-0.39, 0.29) is 11.9 Å². The molecule has 1 atom stereocenters. The molecule has 0 radical (unpaired) electrons. The molecule has 25 heavy (non-hydrogen) atoms. The molecule has 1 aliphatic heterocycles. The van der Waals surface area contributed by atoms with Gasteiger partial charge < -0.3 is 10.1 Å². The molecule has 5 heteroatoms. The van der Waals surface area contributed by atoms with Crippen LogP contribution >= 0.6 is 11.6 Å². The number of rotatable bonds is 6. The largest absolute Gasteiger partial charge is 0.497 e. The summed E-state index contributed by atoms with van der Waals surface area (Å²) in [4.78, 5) is 14.9. The van der Waals surface area contributed by atoms with Gasteiger partial charge in [0.2, 0.25) is 0 Å². The number of benzene rings is 2. The summed E-state index contributed by atoms with van der Waals surface area (Å²) >= 11 is 6.13. The van der Waals surface area contributed by atoms with Crippen molar-refractivity contribution in [2.75, 3.05) is 26.7 Å². The van der Waals surface area contributed by atoms with Crippen LogP contribution in [0.25, 0.3) is 0 Å². The quantitative estimate of drug-likeness (QED) is 0.851. The third-order valence-electron chi connectivity index (χ3n) is 4.63. The van der Waals surface area contributed by atoms with Crippen molar-refractivity contribution < 1.29 is 9.53 Å². The van der Waals surface area contributed by atoms with E-state index in [9.17, 15) is 4.79 Å². The van der Waals surface area contributed by atoms with Crippen LogP contribution in [-0.4, -0.2) is 37.6 Å². The van der Waals surface area contributed by atoms with E-state index in [2.05, 4.69) is 16.3 Å². The van der Waals surface area contributed by atoms with E-state index in [1.165, 1.54) is 12.8 Å². The topological polar surface area (TPSA) is 41.6 Å². The summed E-state index contributed by atoms with van der Waals surface area (Å²) in [6.45, 7) is 2.63. The number of halogens is 1. The van der Waals surface area contributed by atoms with Crippen LogP contribution in [0.4, 0.5) is 0 Å². The Hall–Kier alpha value is -2.04. The summed E-state index contributed by atoms with van der Waals surface area (Å²) in [5.74, 6) is 0.692. The lowest BCUT2D eigenvalue weighted by Gasteiger charge is -2.28. The van der Waals surface area contributed by atoms with Crippen LogP contribution in [0.3, 0.4) is 0 Å². The Morgan fingerprint density at radius 3 is 2.68 bits per heavy atom. The summed E-state index contributed by atoms with van der Waals surface area (Å²) in [6.07, 6.45) is 2.39. The van der Waals surface area contributed by atoms with Crippen molar-refractivity contribution in [3.63, 3.8) is 0 Å². The summed E-state index contributed by atoms with van der Waals surface area (Å²) < 4.78 is 5.35. The number of nitrogens with zero attached hydrogens (tertiary/aromatic N) is 1. The normalized spacial score (nSPS) is 15.8. The molecule has 1 aliphatic rings. The van der Waals surface area contributed by atoms with Gasteiger partial charge in [-0.25, -0.2) is 0 Å². The lowest BCUT2D eigenvalue weighted by molar-refractivity contribution is 0.0938. The summed E-state index contributed by atoms with van der Waals surface area (Å²) in [5.41, 5.74) is 1.66. The summed E-state index contributed by atoms with van der Waals surface area (Å²) in [6, 6.07) is 15.3. The monoisotopic (exact) mass is 358 g/mol. The van der Waals surface area contributed by atoms with Gasteiger partial charge >= 0.3 is 0 Å². The van der Waals surface area contributed by atoms with Gasteiger partial charge in [-0.2, -0.15) is 0 Å². The van der Waals surface area contributed by atoms with Crippen LogP contribution in [0.2, 0.25) is 5.02 Å². The minimum Gasteiger partial charge on any atom is -0.497 e. The molecule has 0 bridgehead atoms. The van der Waals surface area contributed by atoms with Crippen molar-refractivity contribution in [3.8, 4) is 5.75 Å². The SMILES string of the molecule is COc1cccc(C(CNC(=O)c2ccccc2Cl)N2CCCC2)c1. The molecule has 0 aliphatic carbocycles. The number of amides is 1. The minimum atomic E-state index is -0.141. The first-order valence-corrected chi connectivity index (χ1v) is 8.97. The maximum absolute atomic E-state index is 12.5. The molecule has 1 fully saturated rings. The molecule has 2 aromatic rings. The highest BCUT2D eigenvalue weighted by atomic mass is 35.5. The number of likely N-dealkylation sites (tertiary alicyclic amines) is 1. The Morgan fingerprint density at radius 2 is 1.96 bits per heavy atom. The molecule has 132 valence electrons. The molecule has 1 saturated heterocycles. The molecule has 1 amide bonds. The van der Waals surface area contributed by atoms with Crippen molar-refractivity contribution in [3.05, 3.63) is 64.7 Å². The highest BCUT2D eigenvalue weighted by Crippen LogP contribution is 2.27. The van der Waals surface area contributed by atoms with E-state index in [1.54, 1.807) is 19.2 Å². The highest BCUT2D eigenvalue weighted by Gasteiger charge is 2.24. The standard InChI is InChI=1S/C20H23ClN2O2/c1-25-16-8-6-7-15(13-16)19(23-11-4-5-12-23)14-22-20(24)17-9-2-3-10-18(17)21/h2-3,6-10,13,19H,4-5,11-12,14H2,1H3,(H,22,24). The van der Waals surface area contributed by atoms with E-state index in [0.29, 0.717) is 17.1 Å². The average Bonchev–Trinajstić information content (AvgIpc) is 3.16. The highest BCUT2D eigenvalue weighted by molar-refractivity contribution is 6.33. The number of nitrogens with one attached hydrogen (secondary N) is 1. The van der Waals surface area contributed by atoms with Crippen LogP contribution < -0.4 is 10.1 Å². The Labute approximate surface area is 153 Å². The second kappa shape index (κ2) is 8.37. The van der Waals surface area contributed by atoms with Crippen LogP contribution in [-0.2, 0) is 0 Å². The number of hydrogen-bond donors (Lipinski definition) is 1. The summed E-state index contributed by atoms with van der Waals surface area (Å²) in [7, 11) is 1.67. The van der Waals surface area contributed by atoms with Crippen LogP contribution in [0.15, 0.2) is 48.5 Å². The third-order valence-corrected chi connectivity index (χ3v) is 4.96. The maximum atomic E-state index is 12.5. The third kappa shape index (κ3) is 4.33. The zero-order valence-corrected chi connectivity index (χ0v) is 15.1. The van der Waals surface area contributed by atoms with E-state index in [1.807, 2.05) is 30.3 Å². The first-order chi connectivity index (χ1) is 12.2. The van der Waals surface area contributed by atoms with Gasteiger partial charge in [-0.3, -0.25) is 9.69 Å². The fraction of sp³-hybridized carbons (Fsp3) is 0.350. The molecule has 2 aromatic carbocycles. The number of carbonyl (C=O) groups is 1. The van der Waals surface area contributed by atoms with E-state index in [4.69, 9.17) is 16.3 Å². The lowest BCUT2D eigenvalue weighted by atomic mass is 10.0. The van der Waals surface area contributed by atoms with E-state index in [0.717, 1.165) is 24.4 Å². The Balaban J connectivity index is 1.76. The molecule has 4 nitrogen and oxygen atoms in total. The average molecular weight is 359 g/mol. The molecule has 0 spiro atoms. The van der Waals surface area contributed by atoms with Gasteiger partial charge in [0.15, 0.2) is 0 Å². The second-order valence-corrected chi connectivity index (χ2v) is 6.63. The zero-order valence-electron chi connectivity index (χ0n) is 14.4. The molecule has 1 heterocycles. The first-order valence-electron chi connectivity index (χ1n) is 8.60. The minimum absolute atomic E-state index is 0.129. The van der Waals surface area contributed by atoms with E-state index < -0.39 is 0 Å².